The first-order chi connectivity index (χ1) is 14.8. The first-order valence-electron chi connectivity index (χ1n) is 10.7. The van der Waals surface area contributed by atoms with E-state index in [0.717, 1.165) is 5.56 Å². The molecule has 31 heavy (non-hydrogen) atoms. The van der Waals surface area contributed by atoms with E-state index in [0.29, 0.717) is 43.6 Å². The Labute approximate surface area is 180 Å². The molecule has 3 aliphatic heterocycles. The van der Waals surface area contributed by atoms with E-state index in [4.69, 9.17) is 9.26 Å². The van der Waals surface area contributed by atoms with Crippen LogP contribution in [0, 0.1) is 24.6 Å². The summed E-state index contributed by atoms with van der Waals surface area (Å²) in [5.74, 6) is 0.0939. The number of carbonyl (C=O) groups excluding carboxylic acids is 1. The molecule has 1 N–H and O–H groups in total. The third-order valence-electron chi connectivity index (χ3n) is 6.94. The number of aliphatic hydroxyl groups is 1. The first kappa shape index (κ1) is 20.4. The second-order valence-corrected chi connectivity index (χ2v) is 9.29. The number of anilines is 1. The summed E-state index contributed by atoms with van der Waals surface area (Å²) in [5, 5.41) is 14.2. The van der Waals surface area contributed by atoms with Gasteiger partial charge in [-0.3, -0.25) is 4.79 Å². The molecule has 0 saturated carbocycles. The smallest absolute Gasteiger partial charge is 0.324 e. The summed E-state index contributed by atoms with van der Waals surface area (Å²) >= 11 is 0. The zero-order chi connectivity index (χ0) is 21.9. The molecule has 3 saturated heterocycles. The van der Waals surface area contributed by atoms with Gasteiger partial charge in [0.05, 0.1) is 19.2 Å². The first-order valence-corrected chi connectivity index (χ1v) is 10.7. The summed E-state index contributed by atoms with van der Waals surface area (Å²) in [4.78, 5) is 21.5. The molecule has 3 fully saturated rings. The number of aromatic nitrogens is 2. The van der Waals surface area contributed by atoms with Crippen LogP contribution in [0.3, 0.4) is 0 Å². The number of aliphatic hydroxyl groups excluding tert-OH is 1. The van der Waals surface area contributed by atoms with Gasteiger partial charge < -0.3 is 24.2 Å². The van der Waals surface area contributed by atoms with Crippen molar-refractivity contribution in [3.8, 4) is 0 Å². The minimum absolute atomic E-state index is 0.0208. The molecule has 2 bridgehead atoms. The molecule has 9 heteroatoms. The van der Waals surface area contributed by atoms with E-state index in [-0.39, 0.29) is 36.4 Å². The maximum Gasteiger partial charge on any atom is 0.324 e. The number of hydrogen-bond donors (Lipinski definition) is 1. The molecule has 1 aromatic carbocycles. The molecule has 5 rings (SSSR count). The quantitative estimate of drug-likeness (QED) is 0.793. The van der Waals surface area contributed by atoms with Crippen molar-refractivity contribution in [1.29, 1.82) is 0 Å². The molecule has 166 valence electrons. The number of halogens is 1. The summed E-state index contributed by atoms with van der Waals surface area (Å²) in [7, 11) is 0. The lowest BCUT2D eigenvalue weighted by molar-refractivity contribution is -0.100. The number of rotatable bonds is 4. The van der Waals surface area contributed by atoms with Crippen molar-refractivity contribution in [2.45, 2.75) is 38.4 Å². The lowest BCUT2D eigenvalue weighted by atomic mass is 9.83. The van der Waals surface area contributed by atoms with E-state index in [1.807, 2.05) is 18.7 Å². The van der Waals surface area contributed by atoms with E-state index in [1.165, 1.54) is 12.1 Å². The number of ether oxygens (including phenoxy) is 1. The number of morpholine rings is 1. The number of nitrogens with zero attached hydrogens (tertiary/aromatic N) is 4. The largest absolute Gasteiger partial charge is 0.396 e. The number of amides is 1. The topological polar surface area (TPSA) is 91.9 Å². The minimum atomic E-state index is -0.625. The van der Waals surface area contributed by atoms with Gasteiger partial charge in [-0.05, 0) is 24.6 Å². The van der Waals surface area contributed by atoms with Crippen molar-refractivity contribution in [1.82, 2.24) is 15.0 Å². The summed E-state index contributed by atoms with van der Waals surface area (Å²) in [6.07, 6.45) is -0.252. The van der Waals surface area contributed by atoms with Crippen molar-refractivity contribution in [2.75, 3.05) is 37.7 Å². The molecular formula is C22H27FN4O4. The van der Waals surface area contributed by atoms with Crippen molar-refractivity contribution in [3.05, 3.63) is 41.0 Å². The van der Waals surface area contributed by atoms with Crippen molar-refractivity contribution < 1.29 is 23.6 Å². The lowest BCUT2D eigenvalue weighted by Crippen LogP contribution is -2.55. The zero-order valence-electron chi connectivity index (χ0n) is 17.9. The van der Waals surface area contributed by atoms with E-state index < -0.39 is 11.4 Å². The normalized spacial score (nSPS) is 29.7. The number of fused-ring (bicyclic) bond motifs is 1. The maximum atomic E-state index is 13.8. The second-order valence-electron chi connectivity index (χ2n) is 9.29. The van der Waals surface area contributed by atoms with Crippen LogP contribution >= 0.6 is 0 Å². The lowest BCUT2D eigenvalue weighted by Gasteiger charge is -2.40. The van der Waals surface area contributed by atoms with Gasteiger partial charge in [0.2, 0.25) is 0 Å². The summed E-state index contributed by atoms with van der Waals surface area (Å²) < 4.78 is 25.7. The molecule has 4 heterocycles. The van der Waals surface area contributed by atoms with Crippen LogP contribution < -0.4 is 4.90 Å². The Morgan fingerprint density at radius 1 is 1.35 bits per heavy atom. The molecule has 0 unspecified atom stereocenters. The summed E-state index contributed by atoms with van der Waals surface area (Å²) in [6, 6.07) is 4.71. The molecule has 1 spiro atoms. The second kappa shape index (κ2) is 7.27. The molecular weight excluding hydrogens is 403 g/mol. The molecule has 8 nitrogen and oxygen atoms in total. The number of hydrogen-bond acceptors (Lipinski definition) is 7. The Hall–Kier alpha value is -2.52. The monoisotopic (exact) mass is 430 g/mol. The van der Waals surface area contributed by atoms with Crippen molar-refractivity contribution in [2.24, 2.45) is 11.8 Å². The standard InChI is InChI=1S/C22H27FN4O4/c1-12(2)19-24-21(31-25-19)27-7-17-16(9-28)18-8-26(10-22(17,11-27)30-18)20(29)15-6-14(23)5-4-13(15)3/h4-6,12,16-18,28H,7-11H2,1-3H3/t16-,17+,18+,22+/m0/s1. The molecule has 1 amide bonds. The van der Waals surface area contributed by atoms with Crippen LogP contribution in [-0.2, 0) is 4.74 Å². The van der Waals surface area contributed by atoms with Crippen LogP contribution in [0.2, 0.25) is 0 Å². The number of benzene rings is 1. The van der Waals surface area contributed by atoms with Gasteiger partial charge in [0.25, 0.3) is 5.91 Å². The summed E-state index contributed by atoms with van der Waals surface area (Å²) in [5.41, 5.74) is 0.473. The zero-order valence-corrected chi connectivity index (χ0v) is 17.9. The van der Waals surface area contributed by atoms with Gasteiger partial charge in [-0.2, -0.15) is 4.98 Å². The van der Waals surface area contributed by atoms with Crippen LogP contribution in [0.4, 0.5) is 10.4 Å². The molecule has 2 aromatic rings. The highest BCUT2D eigenvalue weighted by atomic mass is 19.1. The van der Waals surface area contributed by atoms with E-state index in [2.05, 4.69) is 10.1 Å². The van der Waals surface area contributed by atoms with Gasteiger partial charge in [-0.25, -0.2) is 4.39 Å². The average molecular weight is 430 g/mol. The Bertz CT molecular complexity index is 1010. The van der Waals surface area contributed by atoms with Crippen molar-refractivity contribution in [3.63, 3.8) is 0 Å². The predicted octanol–water partition coefficient (Wildman–Crippen LogP) is 1.98. The number of carbonyl (C=O) groups is 1. The van der Waals surface area contributed by atoms with E-state index >= 15 is 0 Å². The molecule has 3 aliphatic rings. The molecule has 0 aliphatic carbocycles. The maximum absolute atomic E-state index is 13.8. The number of likely N-dealkylation sites (tertiary alicyclic amines) is 1. The van der Waals surface area contributed by atoms with Crippen molar-refractivity contribution >= 4 is 11.9 Å². The van der Waals surface area contributed by atoms with Gasteiger partial charge in [-0.15, -0.1) is 0 Å². The fourth-order valence-electron chi connectivity index (χ4n) is 5.32. The molecule has 1 aromatic heterocycles. The Kier molecular flexibility index (Phi) is 4.78. The fourth-order valence-corrected chi connectivity index (χ4v) is 5.32. The van der Waals surface area contributed by atoms with Gasteiger partial charge in [0.15, 0.2) is 5.82 Å². The van der Waals surface area contributed by atoms with Crippen LogP contribution in [0.25, 0.3) is 0 Å². The molecule has 4 atom stereocenters. The molecule has 0 radical (unpaired) electrons. The summed E-state index contributed by atoms with van der Waals surface area (Å²) in [6.45, 7) is 7.66. The van der Waals surface area contributed by atoms with Crippen LogP contribution in [0.15, 0.2) is 22.7 Å². The average Bonchev–Trinajstić information content (AvgIpc) is 3.40. The Morgan fingerprint density at radius 3 is 2.87 bits per heavy atom. The Morgan fingerprint density at radius 2 is 2.16 bits per heavy atom. The van der Waals surface area contributed by atoms with Gasteiger partial charge >= 0.3 is 6.01 Å². The van der Waals surface area contributed by atoms with Crippen LogP contribution in [-0.4, -0.2) is 70.5 Å². The Balaban J connectivity index is 1.43. The van der Waals surface area contributed by atoms with Gasteiger partial charge in [-0.1, -0.05) is 25.1 Å². The third kappa shape index (κ3) is 3.22. The predicted molar refractivity (Wildman–Crippen MR) is 109 cm³/mol. The minimum Gasteiger partial charge on any atom is -0.396 e. The van der Waals surface area contributed by atoms with Crippen LogP contribution in [0.5, 0.6) is 0 Å². The third-order valence-corrected chi connectivity index (χ3v) is 6.94. The van der Waals surface area contributed by atoms with Crippen LogP contribution in [0.1, 0.15) is 41.5 Å². The highest BCUT2D eigenvalue weighted by Crippen LogP contribution is 2.50. The highest BCUT2D eigenvalue weighted by Gasteiger charge is 2.63. The highest BCUT2D eigenvalue weighted by molar-refractivity contribution is 5.95. The fraction of sp³-hybridized carbons (Fsp3) is 0.591. The van der Waals surface area contributed by atoms with Gasteiger partial charge in [0, 0.05) is 43.0 Å². The van der Waals surface area contributed by atoms with Gasteiger partial charge in [0.1, 0.15) is 11.4 Å². The SMILES string of the molecule is Cc1ccc(F)cc1C(=O)N1C[C@H]2O[C@]3(C1)CN(c1nc(C(C)C)no1)C[C@@H]3[C@@H]2CO. The van der Waals surface area contributed by atoms with E-state index in [1.54, 1.807) is 17.9 Å². The van der Waals surface area contributed by atoms with E-state index in [9.17, 15) is 14.3 Å². The number of aryl methyl sites for hydroxylation is 1.